The first-order valence-corrected chi connectivity index (χ1v) is 3.37. The molecule has 44 valence electrons. The molecule has 0 aliphatic rings. The van der Waals surface area contributed by atoms with Gasteiger partial charge in [0.15, 0.2) is 0 Å². The van der Waals surface area contributed by atoms with Crippen molar-refractivity contribution in [2.45, 2.75) is 6.92 Å². The van der Waals surface area contributed by atoms with E-state index in [2.05, 4.69) is 20.9 Å². The van der Waals surface area contributed by atoms with Gasteiger partial charge in [-0.05, 0) is 40.1 Å². The number of aromatic nitrogens is 1. The average molecular weight is 182 g/mol. The SMILES string of the molecule is [B]c1cc(C)c(Br)cn1. The normalized spacial score (nSPS) is 9.56. The summed E-state index contributed by atoms with van der Waals surface area (Å²) in [7, 11) is 5.40. The van der Waals surface area contributed by atoms with Gasteiger partial charge in [0.1, 0.15) is 7.85 Å². The quantitative estimate of drug-likeness (QED) is 0.544. The van der Waals surface area contributed by atoms with Crippen LogP contribution in [0.4, 0.5) is 0 Å². The van der Waals surface area contributed by atoms with Crippen molar-refractivity contribution in [3.63, 3.8) is 0 Å². The Balaban J connectivity index is 3.17. The molecule has 1 nitrogen and oxygen atoms in total. The second-order valence-corrected chi connectivity index (χ2v) is 2.71. The minimum absolute atomic E-state index is 0.565. The van der Waals surface area contributed by atoms with Crippen molar-refractivity contribution in [1.82, 2.24) is 4.98 Å². The van der Waals surface area contributed by atoms with Crippen molar-refractivity contribution in [2.75, 3.05) is 0 Å². The van der Waals surface area contributed by atoms with Crippen LogP contribution in [-0.2, 0) is 0 Å². The monoisotopic (exact) mass is 181 g/mol. The van der Waals surface area contributed by atoms with Gasteiger partial charge in [-0.2, -0.15) is 0 Å². The van der Waals surface area contributed by atoms with E-state index in [4.69, 9.17) is 7.85 Å². The molecule has 0 aliphatic heterocycles. The summed E-state index contributed by atoms with van der Waals surface area (Å²) in [6.45, 7) is 1.97. The zero-order valence-electron chi connectivity index (χ0n) is 5.06. The molecule has 3 heteroatoms. The Morgan fingerprint density at radius 2 is 2.33 bits per heavy atom. The molecule has 0 aromatic carbocycles. The van der Waals surface area contributed by atoms with E-state index < -0.39 is 0 Å². The van der Waals surface area contributed by atoms with E-state index in [1.165, 1.54) is 0 Å². The number of halogens is 1. The van der Waals surface area contributed by atoms with Crippen LogP contribution in [0.1, 0.15) is 5.56 Å². The third kappa shape index (κ3) is 1.55. The van der Waals surface area contributed by atoms with Crippen molar-refractivity contribution in [3.05, 3.63) is 22.3 Å². The van der Waals surface area contributed by atoms with E-state index in [1.54, 1.807) is 6.20 Å². The fourth-order valence-electron chi connectivity index (χ4n) is 0.561. The molecule has 0 bridgehead atoms. The van der Waals surface area contributed by atoms with Gasteiger partial charge in [-0.3, -0.25) is 4.98 Å². The van der Waals surface area contributed by atoms with Gasteiger partial charge in [0.25, 0.3) is 0 Å². The molecule has 0 amide bonds. The predicted molar refractivity (Wildman–Crippen MR) is 42.1 cm³/mol. The third-order valence-corrected chi connectivity index (χ3v) is 1.90. The van der Waals surface area contributed by atoms with E-state index in [9.17, 15) is 0 Å². The predicted octanol–water partition coefficient (Wildman–Crippen LogP) is 0.946. The van der Waals surface area contributed by atoms with E-state index in [1.807, 2.05) is 13.0 Å². The van der Waals surface area contributed by atoms with Gasteiger partial charge in [0, 0.05) is 10.7 Å². The lowest BCUT2D eigenvalue weighted by Gasteiger charge is -1.96. The largest absolute Gasteiger partial charge is 0.272 e. The fourth-order valence-corrected chi connectivity index (χ4v) is 0.778. The lowest BCUT2D eigenvalue weighted by molar-refractivity contribution is 1.31. The van der Waals surface area contributed by atoms with Crippen LogP contribution in [0.3, 0.4) is 0 Å². The number of pyridine rings is 1. The van der Waals surface area contributed by atoms with Crippen molar-refractivity contribution in [3.8, 4) is 0 Å². The molecule has 0 spiro atoms. The summed E-state index contributed by atoms with van der Waals surface area (Å²) in [5, 5.41) is 0. The van der Waals surface area contributed by atoms with Gasteiger partial charge in [0.05, 0.1) is 0 Å². The lowest BCUT2D eigenvalue weighted by atomic mass is 10.0. The van der Waals surface area contributed by atoms with Crippen LogP contribution in [0.2, 0.25) is 0 Å². The molecule has 1 heterocycles. The molecule has 1 aromatic heterocycles. The van der Waals surface area contributed by atoms with Crippen LogP contribution >= 0.6 is 15.9 Å². The maximum atomic E-state index is 5.40. The molecule has 0 saturated carbocycles. The third-order valence-electron chi connectivity index (χ3n) is 1.07. The molecule has 9 heavy (non-hydrogen) atoms. The first kappa shape index (κ1) is 6.81. The second-order valence-electron chi connectivity index (χ2n) is 1.86. The van der Waals surface area contributed by atoms with Gasteiger partial charge < -0.3 is 0 Å². The first-order chi connectivity index (χ1) is 4.20. The number of nitrogens with zero attached hydrogens (tertiary/aromatic N) is 1. The van der Waals surface area contributed by atoms with Gasteiger partial charge in [0.2, 0.25) is 0 Å². The summed E-state index contributed by atoms with van der Waals surface area (Å²) in [5.74, 6) is 0. The zero-order chi connectivity index (χ0) is 6.85. The van der Waals surface area contributed by atoms with E-state index in [0.29, 0.717) is 5.59 Å². The summed E-state index contributed by atoms with van der Waals surface area (Å²) in [5.41, 5.74) is 1.68. The second kappa shape index (κ2) is 2.52. The summed E-state index contributed by atoms with van der Waals surface area (Å²) in [6.07, 6.45) is 1.70. The van der Waals surface area contributed by atoms with Gasteiger partial charge >= 0.3 is 0 Å². The number of aryl methyl sites for hydroxylation is 1. The molecular weight excluding hydrogens is 177 g/mol. The topological polar surface area (TPSA) is 12.9 Å². The Labute approximate surface area is 64.0 Å². The highest BCUT2D eigenvalue weighted by atomic mass is 79.9. The smallest absolute Gasteiger partial charge is 0.141 e. The molecule has 0 unspecified atom stereocenters. The van der Waals surface area contributed by atoms with Crippen LogP contribution in [0, 0.1) is 6.92 Å². The van der Waals surface area contributed by atoms with Crippen LogP contribution < -0.4 is 5.59 Å². The molecule has 0 atom stereocenters. The number of hydrogen-bond donors (Lipinski definition) is 0. The summed E-state index contributed by atoms with van der Waals surface area (Å²) in [4.78, 5) is 3.87. The standard InChI is InChI=1S/C6H5BBrN/c1-4-2-6(7)9-3-5(4)8/h2-3H,1H3. The van der Waals surface area contributed by atoms with Gasteiger partial charge in [-0.1, -0.05) is 0 Å². The van der Waals surface area contributed by atoms with E-state index in [0.717, 1.165) is 10.0 Å². The fraction of sp³-hybridized carbons (Fsp3) is 0.167. The average Bonchev–Trinajstić information content (AvgIpc) is 1.80. The van der Waals surface area contributed by atoms with Crippen molar-refractivity contribution < 1.29 is 0 Å². The molecule has 1 rings (SSSR count). The maximum absolute atomic E-state index is 5.40. The minimum atomic E-state index is 0.565. The Hall–Kier alpha value is -0.305. The number of rotatable bonds is 0. The van der Waals surface area contributed by atoms with Crippen LogP contribution in [-0.4, -0.2) is 12.8 Å². The van der Waals surface area contributed by atoms with E-state index >= 15 is 0 Å². The Morgan fingerprint density at radius 3 is 2.78 bits per heavy atom. The van der Waals surface area contributed by atoms with Crippen LogP contribution in [0.25, 0.3) is 0 Å². The molecule has 1 aromatic rings. The summed E-state index contributed by atoms with van der Waals surface area (Å²) < 4.78 is 0.997. The van der Waals surface area contributed by atoms with Crippen LogP contribution in [0.15, 0.2) is 16.7 Å². The van der Waals surface area contributed by atoms with Crippen molar-refractivity contribution >= 4 is 29.4 Å². The zero-order valence-corrected chi connectivity index (χ0v) is 6.64. The molecule has 0 fully saturated rings. The molecule has 0 saturated heterocycles. The lowest BCUT2D eigenvalue weighted by Crippen LogP contribution is -2.07. The molecule has 0 aliphatic carbocycles. The van der Waals surface area contributed by atoms with Gasteiger partial charge in [-0.15, -0.1) is 0 Å². The molecular formula is C6H5BBrN. The summed E-state index contributed by atoms with van der Waals surface area (Å²) >= 11 is 3.31. The Morgan fingerprint density at radius 1 is 1.67 bits per heavy atom. The number of hydrogen-bond acceptors (Lipinski definition) is 1. The summed E-state index contributed by atoms with van der Waals surface area (Å²) in [6, 6.07) is 1.82. The van der Waals surface area contributed by atoms with Crippen molar-refractivity contribution in [2.24, 2.45) is 0 Å². The van der Waals surface area contributed by atoms with Crippen molar-refractivity contribution in [1.29, 1.82) is 0 Å². The highest BCUT2D eigenvalue weighted by Gasteiger charge is 1.91. The maximum Gasteiger partial charge on any atom is 0.141 e. The van der Waals surface area contributed by atoms with E-state index in [-0.39, 0.29) is 0 Å². The Kier molecular flexibility index (Phi) is 1.91. The first-order valence-electron chi connectivity index (χ1n) is 2.58. The Bertz CT molecular complexity index is 224. The molecule has 2 radical (unpaired) electrons. The van der Waals surface area contributed by atoms with Gasteiger partial charge in [-0.25, -0.2) is 0 Å². The minimum Gasteiger partial charge on any atom is -0.272 e. The van der Waals surface area contributed by atoms with Crippen LogP contribution in [0.5, 0.6) is 0 Å². The highest BCUT2D eigenvalue weighted by Crippen LogP contribution is 2.10. The highest BCUT2D eigenvalue weighted by molar-refractivity contribution is 9.10. The molecule has 0 N–H and O–H groups in total.